The summed E-state index contributed by atoms with van der Waals surface area (Å²) in [6.07, 6.45) is 1.06. The summed E-state index contributed by atoms with van der Waals surface area (Å²) in [4.78, 5) is 23.8. The zero-order valence-electron chi connectivity index (χ0n) is 15.3. The number of rotatable bonds is 6. The molecule has 0 bridgehead atoms. The van der Waals surface area contributed by atoms with E-state index in [4.69, 9.17) is 17.0 Å². The molecule has 0 heterocycles. The molecule has 1 unspecified atom stereocenters. The van der Waals surface area contributed by atoms with Gasteiger partial charge in [0.05, 0.1) is 0 Å². The first-order valence-corrected chi connectivity index (χ1v) is 9.08. The smallest absolute Gasteiger partial charge is 0.276 e. The quantitative estimate of drug-likeness (QED) is 0.526. The Hall–Kier alpha value is -2.93. The summed E-state index contributed by atoms with van der Waals surface area (Å²) in [5, 5.41) is 2.47. The highest BCUT2D eigenvalue weighted by Crippen LogP contribution is 2.21. The number of carbonyl (C=O) groups is 2. The molecule has 1 atom stereocenters. The predicted molar refractivity (Wildman–Crippen MR) is 108 cm³/mol. The van der Waals surface area contributed by atoms with Crippen molar-refractivity contribution >= 4 is 29.1 Å². The van der Waals surface area contributed by atoms with Crippen LogP contribution < -0.4 is 20.9 Å². The standard InChI is InChI=1S/C20H23N3O3S/c1-3-14(2)15-9-11-17(12-10-15)26-13-18(24)22-23-20(27)21-19(25)16-7-5-4-6-8-16/h4-12,14H,3,13H2,1-2H3,(H,22,24)(H2,21,23,25,27). The summed E-state index contributed by atoms with van der Waals surface area (Å²) >= 11 is 4.98. The van der Waals surface area contributed by atoms with Gasteiger partial charge >= 0.3 is 0 Å². The SMILES string of the molecule is CCC(C)c1ccc(OCC(=O)NNC(=S)NC(=O)c2ccccc2)cc1. The van der Waals surface area contributed by atoms with Crippen molar-refractivity contribution in [2.24, 2.45) is 0 Å². The van der Waals surface area contributed by atoms with Crippen molar-refractivity contribution in [2.45, 2.75) is 26.2 Å². The molecule has 2 amide bonds. The van der Waals surface area contributed by atoms with E-state index in [0.29, 0.717) is 17.2 Å². The fourth-order valence-electron chi connectivity index (χ4n) is 2.24. The van der Waals surface area contributed by atoms with E-state index in [2.05, 4.69) is 30.0 Å². The van der Waals surface area contributed by atoms with Gasteiger partial charge in [-0.3, -0.25) is 25.8 Å². The average molecular weight is 385 g/mol. The van der Waals surface area contributed by atoms with E-state index in [-0.39, 0.29) is 17.6 Å². The van der Waals surface area contributed by atoms with Crippen LogP contribution in [0.15, 0.2) is 54.6 Å². The van der Waals surface area contributed by atoms with Gasteiger partial charge in [0.2, 0.25) is 0 Å². The maximum absolute atomic E-state index is 11.9. The number of benzene rings is 2. The Morgan fingerprint density at radius 2 is 1.70 bits per heavy atom. The molecule has 0 saturated heterocycles. The van der Waals surface area contributed by atoms with Gasteiger partial charge < -0.3 is 4.74 Å². The minimum Gasteiger partial charge on any atom is -0.484 e. The van der Waals surface area contributed by atoms with Crippen LogP contribution in [0.4, 0.5) is 0 Å². The average Bonchev–Trinajstić information content (AvgIpc) is 2.71. The van der Waals surface area contributed by atoms with Crippen molar-refractivity contribution in [3.05, 3.63) is 65.7 Å². The maximum Gasteiger partial charge on any atom is 0.276 e. The van der Waals surface area contributed by atoms with Crippen LogP contribution in [0.2, 0.25) is 0 Å². The highest BCUT2D eigenvalue weighted by Gasteiger charge is 2.09. The zero-order chi connectivity index (χ0) is 19.6. The van der Waals surface area contributed by atoms with Crippen molar-refractivity contribution in [2.75, 3.05) is 6.61 Å². The third-order valence-electron chi connectivity index (χ3n) is 4.01. The van der Waals surface area contributed by atoms with Crippen LogP contribution in [0.25, 0.3) is 0 Å². The largest absolute Gasteiger partial charge is 0.484 e. The minimum absolute atomic E-state index is 0.00453. The minimum atomic E-state index is -0.419. The molecule has 7 heteroatoms. The molecule has 0 fully saturated rings. The Bertz CT molecular complexity index is 779. The van der Waals surface area contributed by atoms with Gasteiger partial charge in [0.25, 0.3) is 11.8 Å². The molecular formula is C20H23N3O3S. The molecular weight excluding hydrogens is 362 g/mol. The Morgan fingerprint density at radius 1 is 1.04 bits per heavy atom. The molecule has 0 aromatic heterocycles. The molecule has 27 heavy (non-hydrogen) atoms. The van der Waals surface area contributed by atoms with E-state index in [1.165, 1.54) is 5.56 Å². The number of ether oxygens (including phenoxy) is 1. The third-order valence-corrected chi connectivity index (χ3v) is 4.21. The van der Waals surface area contributed by atoms with Crippen LogP contribution in [0.3, 0.4) is 0 Å². The number of hydrogen-bond donors (Lipinski definition) is 3. The maximum atomic E-state index is 11.9. The molecule has 2 rings (SSSR count). The van der Waals surface area contributed by atoms with Crippen LogP contribution in [-0.2, 0) is 4.79 Å². The Balaban J connectivity index is 1.71. The van der Waals surface area contributed by atoms with Crippen molar-refractivity contribution in [3.8, 4) is 5.75 Å². The van der Waals surface area contributed by atoms with Crippen LogP contribution in [-0.4, -0.2) is 23.5 Å². The Kier molecular flexibility index (Phi) is 7.76. The molecule has 142 valence electrons. The van der Waals surface area contributed by atoms with E-state index < -0.39 is 5.91 Å². The second kappa shape index (κ2) is 10.3. The lowest BCUT2D eigenvalue weighted by Crippen LogP contribution is -2.49. The van der Waals surface area contributed by atoms with Crippen molar-refractivity contribution in [3.63, 3.8) is 0 Å². The van der Waals surface area contributed by atoms with Crippen molar-refractivity contribution < 1.29 is 14.3 Å². The van der Waals surface area contributed by atoms with Gasteiger partial charge in [0.15, 0.2) is 11.7 Å². The predicted octanol–water partition coefficient (Wildman–Crippen LogP) is 2.91. The number of amides is 2. The van der Waals surface area contributed by atoms with Gasteiger partial charge in [-0.15, -0.1) is 0 Å². The van der Waals surface area contributed by atoms with Crippen molar-refractivity contribution in [1.82, 2.24) is 16.2 Å². The third kappa shape index (κ3) is 6.71. The fraction of sp³-hybridized carbons (Fsp3) is 0.250. The zero-order valence-corrected chi connectivity index (χ0v) is 16.1. The van der Waals surface area contributed by atoms with Gasteiger partial charge in [0.1, 0.15) is 5.75 Å². The van der Waals surface area contributed by atoms with E-state index >= 15 is 0 Å². The molecule has 3 N–H and O–H groups in total. The normalized spacial score (nSPS) is 11.2. The summed E-state index contributed by atoms with van der Waals surface area (Å²) in [6, 6.07) is 16.3. The highest BCUT2D eigenvalue weighted by atomic mass is 32.1. The summed E-state index contributed by atoms with van der Waals surface area (Å²) < 4.78 is 5.44. The van der Waals surface area contributed by atoms with E-state index in [1.807, 2.05) is 30.3 Å². The Morgan fingerprint density at radius 3 is 2.33 bits per heavy atom. The second-order valence-electron chi connectivity index (χ2n) is 5.99. The number of hydrazine groups is 1. The highest BCUT2D eigenvalue weighted by molar-refractivity contribution is 7.80. The molecule has 0 spiro atoms. The first-order valence-electron chi connectivity index (χ1n) is 8.67. The molecule has 0 aliphatic carbocycles. The molecule has 2 aromatic rings. The van der Waals surface area contributed by atoms with Crippen LogP contribution in [0.5, 0.6) is 5.75 Å². The van der Waals surface area contributed by atoms with Gasteiger partial charge in [-0.2, -0.15) is 0 Å². The number of thiocarbonyl (C=S) groups is 1. The van der Waals surface area contributed by atoms with Crippen molar-refractivity contribution in [1.29, 1.82) is 0 Å². The Labute approximate surface area is 164 Å². The second-order valence-corrected chi connectivity index (χ2v) is 6.40. The number of carbonyl (C=O) groups excluding carboxylic acids is 2. The van der Waals surface area contributed by atoms with Gasteiger partial charge in [-0.05, 0) is 54.4 Å². The fourth-order valence-corrected chi connectivity index (χ4v) is 2.38. The molecule has 0 aliphatic rings. The van der Waals surface area contributed by atoms with E-state index in [1.54, 1.807) is 24.3 Å². The lowest BCUT2D eigenvalue weighted by Gasteiger charge is -2.12. The van der Waals surface area contributed by atoms with Crippen LogP contribution in [0.1, 0.15) is 42.1 Å². The van der Waals surface area contributed by atoms with Crippen LogP contribution >= 0.6 is 12.2 Å². The topological polar surface area (TPSA) is 79.5 Å². The van der Waals surface area contributed by atoms with E-state index in [9.17, 15) is 9.59 Å². The molecule has 0 aliphatic heterocycles. The molecule has 0 radical (unpaired) electrons. The monoisotopic (exact) mass is 385 g/mol. The first kappa shape index (κ1) is 20.4. The summed E-state index contributed by atoms with van der Waals surface area (Å²) in [6.45, 7) is 4.12. The first-order chi connectivity index (χ1) is 13.0. The van der Waals surface area contributed by atoms with Crippen LogP contribution in [0, 0.1) is 0 Å². The number of hydrogen-bond acceptors (Lipinski definition) is 4. The summed E-state index contributed by atoms with van der Waals surface area (Å²) in [5.74, 6) is 0.313. The van der Waals surface area contributed by atoms with Gasteiger partial charge in [-0.25, -0.2) is 0 Å². The van der Waals surface area contributed by atoms with Gasteiger partial charge in [0, 0.05) is 5.56 Å². The summed E-state index contributed by atoms with van der Waals surface area (Å²) in [7, 11) is 0. The lowest BCUT2D eigenvalue weighted by atomic mass is 9.99. The molecule has 2 aromatic carbocycles. The lowest BCUT2D eigenvalue weighted by molar-refractivity contribution is -0.123. The number of nitrogens with one attached hydrogen (secondary N) is 3. The molecule has 6 nitrogen and oxygen atoms in total. The van der Waals surface area contributed by atoms with E-state index in [0.717, 1.165) is 6.42 Å². The van der Waals surface area contributed by atoms with Gasteiger partial charge in [-0.1, -0.05) is 44.2 Å². The summed E-state index contributed by atoms with van der Waals surface area (Å²) in [5.41, 5.74) is 6.55. The molecule has 0 saturated carbocycles.